The van der Waals surface area contributed by atoms with Crippen LogP contribution in [0, 0.1) is 28.5 Å². The van der Waals surface area contributed by atoms with E-state index in [1.165, 1.54) is 26.2 Å². The van der Waals surface area contributed by atoms with Gasteiger partial charge >= 0.3 is 0 Å². The van der Waals surface area contributed by atoms with Crippen molar-refractivity contribution in [3.63, 3.8) is 0 Å². The molecule has 0 spiro atoms. The molecule has 1 aromatic heterocycles. The third-order valence-corrected chi connectivity index (χ3v) is 5.59. The Morgan fingerprint density at radius 3 is 2.57 bits per heavy atom. The van der Waals surface area contributed by atoms with Gasteiger partial charge in [-0.2, -0.15) is 10.5 Å². The zero-order chi connectivity index (χ0) is 20.9. The lowest BCUT2D eigenvalue weighted by molar-refractivity contribution is 0.395. The molecule has 0 bridgehead atoms. The van der Waals surface area contributed by atoms with Crippen LogP contribution in [-0.4, -0.2) is 37.8 Å². The highest BCUT2D eigenvalue weighted by atomic mass is 32.2. The van der Waals surface area contributed by atoms with Gasteiger partial charge in [-0.25, -0.2) is 22.8 Å². The molecule has 0 saturated heterocycles. The molecule has 0 atom stereocenters. The molecule has 2 rings (SSSR count). The van der Waals surface area contributed by atoms with Gasteiger partial charge < -0.3 is 4.74 Å². The van der Waals surface area contributed by atoms with Gasteiger partial charge in [-0.1, -0.05) is 6.08 Å². The minimum Gasteiger partial charge on any atom is -0.480 e. The number of nitriles is 2. The highest BCUT2D eigenvalue weighted by Crippen LogP contribution is 2.34. The molecule has 28 heavy (non-hydrogen) atoms. The fraction of sp³-hybridized carbons (Fsp3) is 0.222. The fourth-order valence-corrected chi connectivity index (χ4v) is 3.60. The molecule has 1 heterocycles. The predicted octanol–water partition coefficient (Wildman–Crippen LogP) is 2.38. The molecule has 144 valence electrons. The van der Waals surface area contributed by atoms with Crippen molar-refractivity contribution in [2.75, 3.05) is 23.7 Å². The molecule has 10 heteroatoms. The molecule has 0 aliphatic rings. The Labute approximate surface area is 162 Å². The van der Waals surface area contributed by atoms with Crippen molar-refractivity contribution in [2.24, 2.45) is 0 Å². The summed E-state index contributed by atoms with van der Waals surface area (Å²) in [4.78, 5) is 7.76. The van der Waals surface area contributed by atoms with Crippen LogP contribution in [0.3, 0.4) is 0 Å². The zero-order valence-electron chi connectivity index (χ0n) is 15.2. The summed E-state index contributed by atoms with van der Waals surface area (Å²) in [6.07, 6.45) is 2.45. The quantitative estimate of drug-likeness (QED) is 0.653. The molecule has 0 aliphatic carbocycles. The Balaban J connectivity index is 2.85. The normalized spacial score (nSPS) is 10.6. The van der Waals surface area contributed by atoms with Gasteiger partial charge in [0.2, 0.25) is 15.9 Å². The van der Waals surface area contributed by atoms with E-state index in [0.717, 1.165) is 16.7 Å². The highest BCUT2D eigenvalue weighted by molar-refractivity contribution is 7.92. The average molecular weight is 401 g/mol. The van der Waals surface area contributed by atoms with E-state index in [1.54, 1.807) is 6.07 Å². The first kappa shape index (κ1) is 20.8. The summed E-state index contributed by atoms with van der Waals surface area (Å²) in [6, 6.07) is 5.73. The second-order valence-electron chi connectivity index (χ2n) is 5.40. The number of hydrogen-bond donors (Lipinski definition) is 0. The molecular weight excluding hydrogens is 385 g/mol. The van der Waals surface area contributed by atoms with Gasteiger partial charge in [-0.05, 0) is 19.1 Å². The SMILES string of the molecule is C=CCN(c1cc(-c2ncnc(OC)c2C#N)c(F)cc1C#N)S(=O)(=O)CC. The van der Waals surface area contributed by atoms with E-state index in [1.807, 2.05) is 6.07 Å². The summed E-state index contributed by atoms with van der Waals surface area (Å²) >= 11 is 0. The number of rotatable bonds is 7. The van der Waals surface area contributed by atoms with E-state index in [9.17, 15) is 23.3 Å². The molecule has 0 amide bonds. The topological polar surface area (TPSA) is 120 Å². The van der Waals surface area contributed by atoms with Crippen LogP contribution < -0.4 is 9.04 Å². The molecule has 0 radical (unpaired) electrons. The number of ether oxygens (including phenoxy) is 1. The molecule has 0 N–H and O–H groups in total. The monoisotopic (exact) mass is 401 g/mol. The standard InChI is InChI=1S/C18H16FN5O3S/c1-4-6-24(28(25,26)5-2)16-8-13(15(19)7-12(16)9-20)17-14(10-21)18(27-3)23-11-22-17/h4,7-8,11H,1,5-6H2,2-3H3. The summed E-state index contributed by atoms with van der Waals surface area (Å²) in [5.74, 6) is -1.13. The fourth-order valence-electron chi connectivity index (χ4n) is 2.50. The number of anilines is 1. The van der Waals surface area contributed by atoms with Crippen molar-refractivity contribution in [1.29, 1.82) is 10.5 Å². The van der Waals surface area contributed by atoms with Crippen molar-refractivity contribution in [1.82, 2.24) is 9.97 Å². The molecule has 0 aliphatic heterocycles. The van der Waals surface area contributed by atoms with Crippen LogP contribution in [0.1, 0.15) is 18.1 Å². The summed E-state index contributed by atoms with van der Waals surface area (Å²) in [6.45, 7) is 4.87. The molecule has 1 aromatic carbocycles. The lowest BCUT2D eigenvalue weighted by Gasteiger charge is -2.24. The first-order chi connectivity index (χ1) is 13.3. The van der Waals surface area contributed by atoms with Gasteiger partial charge in [-0.3, -0.25) is 4.31 Å². The van der Waals surface area contributed by atoms with Crippen LogP contribution in [0.5, 0.6) is 5.88 Å². The van der Waals surface area contributed by atoms with Crippen molar-refractivity contribution in [3.05, 3.63) is 48.1 Å². The molecule has 2 aromatic rings. The van der Waals surface area contributed by atoms with E-state index in [4.69, 9.17) is 4.74 Å². The van der Waals surface area contributed by atoms with Crippen LogP contribution in [0.2, 0.25) is 0 Å². The van der Waals surface area contributed by atoms with Gasteiger partial charge in [0.25, 0.3) is 0 Å². The van der Waals surface area contributed by atoms with Crippen molar-refractivity contribution in [3.8, 4) is 29.3 Å². The first-order valence-electron chi connectivity index (χ1n) is 7.98. The third kappa shape index (κ3) is 3.77. The maximum Gasteiger partial charge on any atom is 0.235 e. The summed E-state index contributed by atoms with van der Waals surface area (Å²) < 4.78 is 45.7. The van der Waals surface area contributed by atoms with Crippen LogP contribution in [0.15, 0.2) is 31.1 Å². The van der Waals surface area contributed by atoms with E-state index in [-0.39, 0.29) is 46.2 Å². The smallest absolute Gasteiger partial charge is 0.235 e. The second-order valence-corrected chi connectivity index (χ2v) is 7.58. The first-order valence-corrected chi connectivity index (χ1v) is 9.59. The number of nitrogens with zero attached hydrogens (tertiary/aromatic N) is 5. The Bertz CT molecular complexity index is 1100. The Morgan fingerprint density at radius 1 is 1.32 bits per heavy atom. The van der Waals surface area contributed by atoms with E-state index < -0.39 is 15.8 Å². The Morgan fingerprint density at radius 2 is 2.04 bits per heavy atom. The minimum absolute atomic E-state index is 0.0397. The van der Waals surface area contributed by atoms with Crippen LogP contribution in [-0.2, 0) is 10.0 Å². The Kier molecular flexibility index (Phi) is 6.29. The largest absolute Gasteiger partial charge is 0.480 e. The molecule has 0 saturated carbocycles. The van der Waals surface area contributed by atoms with Gasteiger partial charge in [-0.15, -0.1) is 6.58 Å². The number of methoxy groups -OCH3 is 1. The number of hydrogen-bond acceptors (Lipinski definition) is 7. The maximum absolute atomic E-state index is 14.7. The second kappa shape index (κ2) is 8.46. The number of halogens is 1. The van der Waals surface area contributed by atoms with Gasteiger partial charge in [0.1, 0.15) is 29.8 Å². The highest BCUT2D eigenvalue weighted by Gasteiger charge is 2.26. The van der Waals surface area contributed by atoms with Crippen LogP contribution in [0.4, 0.5) is 10.1 Å². The van der Waals surface area contributed by atoms with Crippen molar-refractivity contribution in [2.45, 2.75) is 6.92 Å². The van der Waals surface area contributed by atoms with Crippen molar-refractivity contribution < 1.29 is 17.5 Å². The molecule has 0 unspecified atom stereocenters. The van der Waals surface area contributed by atoms with Gasteiger partial charge in [0.05, 0.1) is 36.4 Å². The maximum atomic E-state index is 14.7. The number of aromatic nitrogens is 2. The Hall–Kier alpha value is -3.50. The van der Waals surface area contributed by atoms with Gasteiger partial charge in [0.15, 0.2) is 0 Å². The molecular formula is C18H16FN5O3S. The van der Waals surface area contributed by atoms with E-state index in [0.29, 0.717) is 0 Å². The predicted molar refractivity (Wildman–Crippen MR) is 100 cm³/mol. The minimum atomic E-state index is -3.78. The summed E-state index contributed by atoms with van der Waals surface area (Å²) in [5, 5.41) is 18.8. The van der Waals surface area contributed by atoms with E-state index >= 15 is 0 Å². The van der Waals surface area contributed by atoms with Crippen LogP contribution in [0.25, 0.3) is 11.3 Å². The summed E-state index contributed by atoms with van der Waals surface area (Å²) in [7, 11) is -2.48. The van der Waals surface area contributed by atoms with Gasteiger partial charge in [0, 0.05) is 5.56 Å². The van der Waals surface area contributed by atoms with Crippen LogP contribution >= 0.6 is 0 Å². The number of benzene rings is 1. The molecule has 0 fully saturated rings. The third-order valence-electron chi connectivity index (χ3n) is 3.84. The number of sulfonamides is 1. The van der Waals surface area contributed by atoms with Crippen molar-refractivity contribution >= 4 is 15.7 Å². The van der Waals surface area contributed by atoms with E-state index in [2.05, 4.69) is 16.5 Å². The average Bonchev–Trinajstić information content (AvgIpc) is 2.71. The molecule has 8 nitrogen and oxygen atoms in total. The lowest BCUT2D eigenvalue weighted by Crippen LogP contribution is -2.33. The summed E-state index contributed by atoms with van der Waals surface area (Å²) in [5.41, 5.74) is -0.577. The zero-order valence-corrected chi connectivity index (χ0v) is 16.0. The lowest BCUT2D eigenvalue weighted by atomic mass is 10.0.